The lowest BCUT2D eigenvalue weighted by Crippen LogP contribution is -2.45. The molecule has 21 heavy (non-hydrogen) atoms. The molecule has 1 atom stereocenters. The molecule has 0 radical (unpaired) electrons. The van der Waals surface area contributed by atoms with E-state index >= 15 is 0 Å². The van der Waals surface area contributed by atoms with E-state index in [-0.39, 0.29) is 17.9 Å². The summed E-state index contributed by atoms with van der Waals surface area (Å²) in [7, 11) is 0. The predicted molar refractivity (Wildman–Crippen MR) is 77.6 cm³/mol. The van der Waals surface area contributed by atoms with Gasteiger partial charge in [-0.2, -0.15) is 0 Å². The van der Waals surface area contributed by atoms with Crippen LogP contribution in [0.15, 0.2) is 22.8 Å². The zero-order valence-electron chi connectivity index (χ0n) is 12.5. The van der Waals surface area contributed by atoms with Crippen molar-refractivity contribution in [2.24, 2.45) is 0 Å². The summed E-state index contributed by atoms with van der Waals surface area (Å²) in [5.74, 6) is 0.705. The number of likely N-dealkylation sites (tertiary alicyclic amines) is 1. The van der Waals surface area contributed by atoms with Gasteiger partial charge in [0, 0.05) is 25.4 Å². The lowest BCUT2D eigenvalue weighted by atomic mass is 9.98. The van der Waals surface area contributed by atoms with E-state index in [4.69, 9.17) is 9.15 Å². The van der Waals surface area contributed by atoms with Crippen LogP contribution in [0.5, 0.6) is 0 Å². The topological polar surface area (TPSA) is 59.8 Å². The van der Waals surface area contributed by atoms with Crippen molar-refractivity contribution in [1.29, 1.82) is 0 Å². The van der Waals surface area contributed by atoms with E-state index in [1.165, 1.54) is 0 Å². The van der Waals surface area contributed by atoms with Gasteiger partial charge in [-0.05, 0) is 38.3 Å². The molecule has 0 unspecified atom stereocenters. The standard InChI is InChI=1S/C16H23NO4/c1-2-20-16(19)12-13-6-3-4-10-17(13)15(18)9-8-14-7-5-11-21-14/h5,7,11,13H,2-4,6,8-10,12H2,1H3/t13-/m0/s1. The van der Waals surface area contributed by atoms with Crippen LogP contribution in [0.4, 0.5) is 0 Å². The van der Waals surface area contributed by atoms with Crippen molar-refractivity contribution in [2.75, 3.05) is 13.2 Å². The van der Waals surface area contributed by atoms with Crippen LogP contribution < -0.4 is 0 Å². The number of ether oxygens (including phenoxy) is 1. The molecule has 2 rings (SSSR count). The largest absolute Gasteiger partial charge is 0.469 e. The molecule has 5 heteroatoms. The Kier molecular flexibility index (Phi) is 5.84. The van der Waals surface area contributed by atoms with Crippen molar-refractivity contribution < 1.29 is 18.7 Å². The highest BCUT2D eigenvalue weighted by atomic mass is 16.5. The molecule has 1 aromatic rings. The van der Waals surface area contributed by atoms with Crippen molar-refractivity contribution in [3.05, 3.63) is 24.2 Å². The molecule has 1 aliphatic rings. The Hall–Kier alpha value is -1.78. The number of piperidine rings is 1. The quantitative estimate of drug-likeness (QED) is 0.756. The highest BCUT2D eigenvalue weighted by Gasteiger charge is 2.28. The van der Waals surface area contributed by atoms with Gasteiger partial charge in [-0.3, -0.25) is 9.59 Å². The van der Waals surface area contributed by atoms with Gasteiger partial charge in [-0.15, -0.1) is 0 Å². The van der Waals surface area contributed by atoms with Crippen LogP contribution in [-0.2, 0) is 20.7 Å². The highest BCUT2D eigenvalue weighted by Crippen LogP contribution is 2.21. The van der Waals surface area contributed by atoms with Crippen molar-refractivity contribution in [3.63, 3.8) is 0 Å². The van der Waals surface area contributed by atoms with Gasteiger partial charge in [0.15, 0.2) is 0 Å². The average Bonchev–Trinajstić information content (AvgIpc) is 2.99. The molecule has 1 aliphatic heterocycles. The number of carbonyl (C=O) groups excluding carboxylic acids is 2. The molecule has 1 aromatic heterocycles. The molecule has 0 bridgehead atoms. The Bertz CT molecular complexity index is 455. The maximum absolute atomic E-state index is 12.4. The maximum Gasteiger partial charge on any atom is 0.307 e. The first kappa shape index (κ1) is 15.6. The third kappa shape index (κ3) is 4.62. The fourth-order valence-corrected chi connectivity index (χ4v) is 2.78. The van der Waals surface area contributed by atoms with Crippen LogP contribution in [-0.4, -0.2) is 36.0 Å². The summed E-state index contributed by atoms with van der Waals surface area (Å²) >= 11 is 0. The first-order valence-corrected chi connectivity index (χ1v) is 7.68. The molecular formula is C16H23NO4. The molecule has 0 saturated carbocycles. The molecule has 1 fully saturated rings. The van der Waals surface area contributed by atoms with Gasteiger partial charge in [0.25, 0.3) is 0 Å². The molecular weight excluding hydrogens is 270 g/mol. The van der Waals surface area contributed by atoms with Crippen LogP contribution in [0.2, 0.25) is 0 Å². The van der Waals surface area contributed by atoms with Gasteiger partial charge in [0.1, 0.15) is 5.76 Å². The van der Waals surface area contributed by atoms with Crippen molar-refractivity contribution in [3.8, 4) is 0 Å². The van der Waals surface area contributed by atoms with Crippen molar-refractivity contribution >= 4 is 11.9 Å². The maximum atomic E-state index is 12.4. The first-order valence-electron chi connectivity index (χ1n) is 7.68. The third-order valence-electron chi connectivity index (χ3n) is 3.82. The minimum Gasteiger partial charge on any atom is -0.469 e. The smallest absolute Gasteiger partial charge is 0.307 e. The fraction of sp³-hybridized carbons (Fsp3) is 0.625. The van der Waals surface area contributed by atoms with E-state index in [1.54, 1.807) is 13.2 Å². The van der Waals surface area contributed by atoms with E-state index in [2.05, 4.69) is 0 Å². The van der Waals surface area contributed by atoms with Crippen LogP contribution >= 0.6 is 0 Å². The molecule has 0 aliphatic carbocycles. The number of amides is 1. The van der Waals surface area contributed by atoms with E-state index in [0.717, 1.165) is 31.6 Å². The summed E-state index contributed by atoms with van der Waals surface area (Å²) in [5, 5.41) is 0. The summed E-state index contributed by atoms with van der Waals surface area (Å²) in [6.07, 6.45) is 5.90. The Morgan fingerprint density at radius 2 is 2.29 bits per heavy atom. The summed E-state index contributed by atoms with van der Waals surface area (Å²) in [6, 6.07) is 3.69. The van der Waals surface area contributed by atoms with Crippen LogP contribution in [0, 0.1) is 0 Å². The van der Waals surface area contributed by atoms with Gasteiger partial charge in [-0.25, -0.2) is 0 Å². The second-order valence-corrected chi connectivity index (χ2v) is 5.33. The van der Waals surface area contributed by atoms with Crippen LogP contribution in [0.3, 0.4) is 0 Å². The zero-order chi connectivity index (χ0) is 15.1. The minimum absolute atomic E-state index is 0.0121. The number of carbonyl (C=O) groups is 2. The predicted octanol–water partition coefficient (Wildman–Crippen LogP) is 2.55. The number of rotatable bonds is 6. The minimum atomic E-state index is -0.215. The summed E-state index contributed by atoms with van der Waals surface area (Å²) in [4.78, 5) is 25.9. The van der Waals surface area contributed by atoms with Gasteiger partial charge in [-0.1, -0.05) is 0 Å². The van der Waals surface area contributed by atoms with E-state index in [0.29, 0.717) is 25.9 Å². The summed E-state index contributed by atoms with van der Waals surface area (Å²) < 4.78 is 10.2. The molecule has 1 saturated heterocycles. The summed E-state index contributed by atoms with van der Waals surface area (Å²) in [6.45, 7) is 2.92. The molecule has 1 amide bonds. The first-order chi connectivity index (χ1) is 10.2. The monoisotopic (exact) mass is 293 g/mol. The molecule has 0 aromatic carbocycles. The summed E-state index contributed by atoms with van der Waals surface area (Å²) in [5.41, 5.74) is 0. The zero-order valence-corrected chi connectivity index (χ0v) is 12.5. The van der Waals surface area contributed by atoms with Gasteiger partial charge in [0.05, 0.1) is 19.3 Å². The third-order valence-corrected chi connectivity index (χ3v) is 3.82. The van der Waals surface area contributed by atoms with Crippen LogP contribution in [0.25, 0.3) is 0 Å². The second-order valence-electron chi connectivity index (χ2n) is 5.33. The Morgan fingerprint density at radius 3 is 3.00 bits per heavy atom. The van der Waals surface area contributed by atoms with Gasteiger partial charge < -0.3 is 14.1 Å². The number of nitrogens with zero attached hydrogens (tertiary/aromatic N) is 1. The highest BCUT2D eigenvalue weighted by molar-refractivity contribution is 5.78. The Morgan fingerprint density at radius 1 is 1.43 bits per heavy atom. The van der Waals surface area contributed by atoms with Crippen molar-refractivity contribution in [1.82, 2.24) is 4.90 Å². The molecule has 116 valence electrons. The van der Waals surface area contributed by atoms with Gasteiger partial charge >= 0.3 is 5.97 Å². The SMILES string of the molecule is CCOC(=O)C[C@@H]1CCCCN1C(=O)CCc1ccco1. The van der Waals surface area contributed by atoms with E-state index in [1.807, 2.05) is 17.0 Å². The number of hydrogen-bond acceptors (Lipinski definition) is 4. The second kappa shape index (κ2) is 7.86. The molecule has 5 nitrogen and oxygen atoms in total. The lowest BCUT2D eigenvalue weighted by molar-refractivity contribution is -0.146. The van der Waals surface area contributed by atoms with Crippen molar-refractivity contribution in [2.45, 2.75) is 51.5 Å². The number of hydrogen-bond donors (Lipinski definition) is 0. The lowest BCUT2D eigenvalue weighted by Gasteiger charge is -2.35. The normalized spacial score (nSPS) is 18.5. The number of furan rings is 1. The molecule has 0 N–H and O–H groups in total. The van der Waals surface area contributed by atoms with Gasteiger partial charge in [0.2, 0.25) is 5.91 Å². The average molecular weight is 293 g/mol. The number of esters is 1. The Labute approximate surface area is 125 Å². The van der Waals surface area contributed by atoms with Crippen LogP contribution in [0.1, 0.15) is 44.8 Å². The Balaban J connectivity index is 1.87. The van der Waals surface area contributed by atoms with E-state index in [9.17, 15) is 9.59 Å². The molecule has 0 spiro atoms. The fourth-order valence-electron chi connectivity index (χ4n) is 2.78. The number of aryl methyl sites for hydroxylation is 1. The van der Waals surface area contributed by atoms with E-state index < -0.39 is 0 Å². The molecule has 2 heterocycles.